The zero-order valence-electron chi connectivity index (χ0n) is 17.2. The minimum absolute atomic E-state index is 0.520. The molecule has 0 aliphatic carbocycles. The number of rotatable bonds is 5. The Hall–Kier alpha value is -3.78. The lowest BCUT2D eigenvalue weighted by Crippen LogP contribution is -2.36. The Kier molecular flexibility index (Phi) is 5.28. The maximum absolute atomic E-state index is 5.45. The van der Waals surface area contributed by atoms with Gasteiger partial charge in [0.25, 0.3) is 0 Å². The molecule has 1 saturated heterocycles. The number of aromatic nitrogens is 4. The van der Waals surface area contributed by atoms with Crippen molar-refractivity contribution in [1.29, 1.82) is 0 Å². The van der Waals surface area contributed by atoms with Crippen LogP contribution in [-0.2, 0) is 4.74 Å². The molecule has 1 aliphatic rings. The quantitative estimate of drug-likeness (QED) is 0.507. The van der Waals surface area contributed by atoms with E-state index in [9.17, 15) is 0 Å². The molecular weight excluding hydrogens is 390 g/mol. The van der Waals surface area contributed by atoms with Crippen LogP contribution < -0.4 is 15.5 Å². The van der Waals surface area contributed by atoms with E-state index in [4.69, 9.17) is 4.74 Å². The highest BCUT2D eigenvalue weighted by atomic mass is 16.5. The van der Waals surface area contributed by atoms with E-state index in [1.165, 1.54) is 0 Å². The molecule has 0 saturated carbocycles. The summed E-state index contributed by atoms with van der Waals surface area (Å²) in [5.41, 5.74) is 4.91. The number of morpholine rings is 1. The fourth-order valence-electron chi connectivity index (χ4n) is 3.68. The topological polar surface area (TPSA) is 88.1 Å². The Labute approximate surface area is 180 Å². The summed E-state index contributed by atoms with van der Waals surface area (Å²) in [6.45, 7) is 5.33. The standard InChI is InChI=1S/C23H23N7O/c1-16-4-2-7-19-20(15-25-29-22(16)19)27-21-8-9-24-23(28-21)26-17-5-3-6-18(14-17)30-10-12-31-13-11-30/h2-9,14-15H,10-13H2,1H3,(H2,24,26,27,28,29). The fraction of sp³-hybridized carbons (Fsp3) is 0.217. The molecule has 4 aromatic rings. The number of nitrogens with zero attached hydrogens (tertiary/aromatic N) is 5. The van der Waals surface area contributed by atoms with Crippen molar-refractivity contribution in [2.45, 2.75) is 6.92 Å². The summed E-state index contributed by atoms with van der Waals surface area (Å²) in [6, 6.07) is 16.2. The Morgan fingerprint density at radius 2 is 1.87 bits per heavy atom. The van der Waals surface area contributed by atoms with Crippen LogP contribution in [0.2, 0.25) is 0 Å². The summed E-state index contributed by atoms with van der Waals surface area (Å²) in [5.74, 6) is 1.20. The first-order valence-electron chi connectivity index (χ1n) is 10.3. The van der Waals surface area contributed by atoms with Crippen molar-refractivity contribution in [3.63, 3.8) is 0 Å². The van der Waals surface area contributed by atoms with Crippen LogP contribution in [0.25, 0.3) is 10.9 Å². The van der Waals surface area contributed by atoms with Crippen molar-refractivity contribution in [3.8, 4) is 0 Å². The Morgan fingerprint density at radius 1 is 1.00 bits per heavy atom. The number of nitrogens with one attached hydrogen (secondary N) is 2. The summed E-state index contributed by atoms with van der Waals surface area (Å²) in [7, 11) is 0. The zero-order valence-corrected chi connectivity index (χ0v) is 17.2. The Bertz CT molecular complexity index is 1210. The molecule has 31 heavy (non-hydrogen) atoms. The van der Waals surface area contributed by atoms with Crippen LogP contribution in [-0.4, -0.2) is 46.5 Å². The summed E-state index contributed by atoms with van der Waals surface area (Å²) >= 11 is 0. The van der Waals surface area contributed by atoms with E-state index in [0.29, 0.717) is 11.8 Å². The molecule has 2 aromatic heterocycles. The summed E-state index contributed by atoms with van der Waals surface area (Å²) in [4.78, 5) is 11.3. The molecule has 8 heteroatoms. The van der Waals surface area contributed by atoms with E-state index in [2.05, 4.69) is 47.8 Å². The van der Waals surface area contributed by atoms with E-state index < -0.39 is 0 Å². The van der Waals surface area contributed by atoms with E-state index in [1.807, 2.05) is 43.3 Å². The maximum atomic E-state index is 5.45. The second kappa shape index (κ2) is 8.53. The third-order valence-electron chi connectivity index (χ3n) is 5.27. The summed E-state index contributed by atoms with van der Waals surface area (Å²) < 4.78 is 5.45. The van der Waals surface area contributed by atoms with Gasteiger partial charge in [-0.2, -0.15) is 15.2 Å². The molecule has 156 valence electrons. The van der Waals surface area contributed by atoms with Crippen LogP contribution in [0.15, 0.2) is 60.9 Å². The van der Waals surface area contributed by atoms with Gasteiger partial charge in [0.15, 0.2) is 0 Å². The van der Waals surface area contributed by atoms with E-state index in [1.54, 1.807) is 12.4 Å². The van der Waals surface area contributed by atoms with Crippen molar-refractivity contribution >= 4 is 39.7 Å². The summed E-state index contributed by atoms with van der Waals surface area (Å²) in [6.07, 6.45) is 3.44. The van der Waals surface area contributed by atoms with Gasteiger partial charge in [0, 0.05) is 36.0 Å². The maximum Gasteiger partial charge on any atom is 0.229 e. The van der Waals surface area contributed by atoms with E-state index in [-0.39, 0.29) is 0 Å². The molecule has 1 fully saturated rings. The van der Waals surface area contributed by atoms with E-state index in [0.717, 1.165) is 59.8 Å². The number of aryl methyl sites for hydroxylation is 1. The number of fused-ring (bicyclic) bond motifs is 1. The highest BCUT2D eigenvalue weighted by Crippen LogP contribution is 2.26. The molecule has 2 aromatic carbocycles. The molecule has 8 nitrogen and oxygen atoms in total. The number of benzene rings is 2. The van der Waals surface area contributed by atoms with Crippen molar-refractivity contribution in [2.75, 3.05) is 41.8 Å². The lowest BCUT2D eigenvalue weighted by Gasteiger charge is -2.29. The number of anilines is 5. The minimum atomic E-state index is 0.520. The second-order valence-electron chi connectivity index (χ2n) is 7.39. The van der Waals surface area contributed by atoms with Gasteiger partial charge in [0.1, 0.15) is 5.82 Å². The number of hydrogen-bond donors (Lipinski definition) is 2. The molecule has 0 radical (unpaired) electrons. The first-order chi connectivity index (χ1) is 15.3. The van der Waals surface area contributed by atoms with Gasteiger partial charge < -0.3 is 20.3 Å². The first kappa shape index (κ1) is 19.2. The monoisotopic (exact) mass is 413 g/mol. The second-order valence-corrected chi connectivity index (χ2v) is 7.39. The van der Waals surface area contributed by atoms with Gasteiger partial charge in [-0.3, -0.25) is 0 Å². The van der Waals surface area contributed by atoms with Crippen LogP contribution >= 0.6 is 0 Å². The molecule has 0 bridgehead atoms. The molecular formula is C23H23N7O. The fourth-order valence-corrected chi connectivity index (χ4v) is 3.68. The normalized spacial score (nSPS) is 13.9. The van der Waals surface area contributed by atoms with Crippen LogP contribution in [0.5, 0.6) is 0 Å². The Morgan fingerprint density at radius 3 is 2.77 bits per heavy atom. The number of hydrogen-bond acceptors (Lipinski definition) is 8. The van der Waals surface area contributed by atoms with Crippen molar-refractivity contribution in [2.24, 2.45) is 0 Å². The first-order valence-corrected chi connectivity index (χ1v) is 10.3. The molecule has 1 aliphatic heterocycles. The predicted molar refractivity (Wildman–Crippen MR) is 122 cm³/mol. The molecule has 2 N–H and O–H groups in total. The van der Waals surface area contributed by atoms with Gasteiger partial charge in [-0.1, -0.05) is 24.3 Å². The van der Waals surface area contributed by atoms with Gasteiger partial charge in [-0.05, 0) is 36.8 Å². The van der Waals surface area contributed by atoms with Gasteiger partial charge in [-0.25, -0.2) is 4.98 Å². The average molecular weight is 413 g/mol. The molecule has 0 atom stereocenters. The smallest absolute Gasteiger partial charge is 0.229 e. The predicted octanol–water partition coefficient (Wildman–Crippen LogP) is 4.05. The minimum Gasteiger partial charge on any atom is -0.378 e. The van der Waals surface area contributed by atoms with Crippen LogP contribution in [0, 0.1) is 6.92 Å². The van der Waals surface area contributed by atoms with Crippen LogP contribution in [0.1, 0.15) is 5.56 Å². The molecule has 0 unspecified atom stereocenters. The van der Waals surface area contributed by atoms with Gasteiger partial charge >= 0.3 is 0 Å². The molecule has 0 amide bonds. The van der Waals surface area contributed by atoms with Crippen LogP contribution in [0.3, 0.4) is 0 Å². The third kappa shape index (κ3) is 4.24. The number of ether oxygens (including phenoxy) is 1. The van der Waals surface area contributed by atoms with Crippen LogP contribution in [0.4, 0.5) is 28.8 Å². The highest BCUT2D eigenvalue weighted by Gasteiger charge is 2.12. The SMILES string of the molecule is Cc1cccc2c(Nc3ccnc(Nc4cccc(N5CCOCC5)c4)n3)cnnc12. The van der Waals surface area contributed by atoms with Crippen molar-refractivity contribution < 1.29 is 4.74 Å². The van der Waals surface area contributed by atoms with Gasteiger partial charge in [-0.15, -0.1) is 0 Å². The molecule has 3 heterocycles. The average Bonchev–Trinajstić information content (AvgIpc) is 2.81. The molecule has 5 rings (SSSR count). The van der Waals surface area contributed by atoms with Gasteiger partial charge in [0.05, 0.1) is 30.6 Å². The lowest BCUT2D eigenvalue weighted by atomic mass is 10.1. The van der Waals surface area contributed by atoms with E-state index >= 15 is 0 Å². The highest BCUT2D eigenvalue weighted by molar-refractivity contribution is 5.93. The zero-order chi connectivity index (χ0) is 21.0. The molecule has 0 spiro atoms. The van der Waals surface area contributed by atoms with Gasteiger partial charge in [0.2, 0.25) is 5.95 Å². The van der Waals surface area contributed by atoms with Crippen molar-refractivity contribution in [3.05, 3.63) is 66.5 Å². The van der Waals surface area contributed by atoms with Crippen molar-refractivity contribution in [1.82, 2.24) is 20.2 Å². The lowest BCUT2D eigenvalue weighted by molar-refractivity contribution is 0.122. The Balaban J connectivity index is 1.36. The summed E-state index contributed by atoms with van der Waals surface area (Å²) in [5, 5.41) is 16.0. The largest absolute Gasteiger partial charge is 0.378 e. The third-order valence-corrected chi connectivity index (χ3v) is 5.27.